The number of nitriles is 1. The molecule has 4 heteroatoms. The van der Waals surface area contributed by atoms with E-state index in [1.54, 1.807) is 19.1 Å². The monoisotopic (exact) mass is 245 g/mol. The largest absolute Gasteiger partial charge is 0.466 e. The molecule has 94 valence electrons. The van der Waals surface area contributed by atoms with Gasteiger partial charge in [-0.05, 0) is 36.6 Å². The summed E-state index contributed by atoms with van der Waals surface area (Å²) in [5.41, 5.74) is 2.28. The Balaban J connectivity index is 3.19. The molecule has 0 saturated heterocycles. The van der Waals surface area contributed by atoms with Crippen molar-refractivity contribution in [1.29, 1.82) is 5.26 Å². The Kier molecular flexibility index (Phi) is 5.06. The van der Waals surface area contributed by atoms with E-state index in [0.29, 0.717) is 29.7 Å². The highest BCUT2D eigenvalue weighted by molar-refractivity contribution is 5.79. The van der Waals surface area contributed by atoms with Crippen molar-refractivity contribution in [2.24, 2.45) is 0 Å². The molecule has 18 heavy (non-hydrogen) atoms. The van der Waals surface area contributed by atoms with Gasteiger partial charge < -0.3 is 4.74 Å². The van der Waals surface area contributed by atoms with Crippen LogP contribution < -0.4 is 0 Å². The average molecular weight is 245 g/mol. The predicted octanol–water partition coefficient (Wildman–Crippen LogP) is 2.04. The van der Waals surface area contributed by atoms with Crippen LogP contribution in [0.25, 0.3) is 0 Å². The molecule has 0 aliphatic carbocycles. The number of rotatable bonds is 5. The SMILES string of the molecule is CCOC(=O)Cc1cc(C=O)cc(CC)c1C#N. The molecule has 0 fully saturated rings. The van der Waals surface area contributed by atoms with Gasteiger partial charge in [0.2, 0.25) is 0 Å². The van der Waals surface area contributed by atoms with Crippen LogP contribution >= 0.6 is 0 Å². The van der Waals surface area contributed by atoms with Gasteiger partial charge in [-0.3, -0.25) is 9.59 Å². The summed E-state index contributed by atoms with van der Waals surface area (Å²) < 4.78 is 4.86. The van der Waals surface area contributed by atoms with Crippen LogP contribution in [0.1, 0.15) is 40.9 Å². The zero-order valence-corrected chi connectivity index (χ0v) is 10.5. The van der Waals surface area contributed by atoms with Crippen molar-refractivity contribution in [3.8, 4) is 6.07 Å². The molecule has 0 aliphatic heterocycles. The fourth-order valence-electron chi connectivity index (χ4n) is 1.79. The van der Waals surface area contributed by atoms with Gasteiger partial charge in [-0.15, -0.1) is 0 Å². The Hall–Kier alpha value is -2.15. The lowest BCUT2D eigenvalue weighted by molar-refractivity contribution is -0.142. The van der Waals surface area contributed by atoms with Crippen LogP contribution in [0.5, 0.6) is 0 Å². The van der Waals surface area contributed by atoms with Gasteiger partial charge in [-0.25, -0.2) is 0 Å². The highest BCUT2D eigenvalue weighted by atomic mass is 16.5. The molecule has 0 aliphatic rings. The Morgan fingerprint density at radius 1 is 1.39 bits per heavy atom. The number of aryl methyl sites for hydroxylation is 1. The van der Waals surface area contributed by atoms with Crippen LogP contribution in [0.2, 0.25) is 0 Å². The smallest absolute Gasteiger partial charge is 0.310 e. The molecule has 1 rings (SSSR count). The minimum atomic E-state index is -0.390. The first kappa shape index (κ1) is 13.9. The van der Waals surface area contributed by atoms with E-state index in [1.807, 2.05) is 6.92 Å². The molecule has 4 nitrogen and oxygen atoms in total. The molecular formula is C14H15NO3. The lowest BCUT2D eigenvalue weighted by Gasteiger charge is -2.09. The zero-order valence-electron chi connectivity index (χ0n) is 10.5. The van der Waals surface area contributed by atoms with Crippen molar-refractivity contribution in [2.75, 3.05) is 6.61 Å². The van der Waals surface area contributed by atoms with E-state index in [4.69, 9.17) is 10.00 Å². The molecule has 1 aromatic carbocycles. The van der Waals surface area contributed by atoms with E-state index in [-0.39, 0.29) is 12.4 Å². The highest BCUT2D eigenvalue weighted by Crippen LogP contribution is 2.18. The van der Waals surface area contributed by atoms with E-state index in [0.717, 1.165) is 11.8 Å². The molecule has 0 saturated carbocycles. The van der Waals surface area contributed by atoms with Crippen molar-refractivity contribution >= 4 is 12.3 Å². The third-order valence-corrected chi connectivity index (χ3v) is 2.59. The maximum absolute atomic E-state index is 11.5. The summed E-state index contributed by atoms with van der Waals surface area (Å²) in [6.45, 7) is 3.93. The lowest BCUT2D eigenvalue weighted by atomic mass is 9.95. The second kappa shape index (κ2) is 6.55. The zero-order chi connectivity index (χ0) is 13.5. The minimum Gasteiger partial charge on any atom is -0.466 e. The van der Waals surface area contributed by atoms with Gasteiger partial charge in [0, 0.05) is 5.56 Å². The normalized spacial score (nSPS) is 9.61. The number of ether oxygens (including phenoxy) is 1. The van der Waals surface area contributed by atoms with Crippen molar-refractivity contribution in [1.82, 2.24) is 0 Å². The summed E-state index contributed by atoms with van der Waals surface area (Å²) in [4.78, 5) is 22.3. The van der Waals surface area contributed by atoms with Crippen molar-refractivity contribution < 1.29 is 14.3 Å². The molecule has 0 N–H and O–H groups in total. The summed E-state index contributed by atoms with van der Waals surface area (Å²) in [6, 6.07) is 5.34. The van der Waals surface area contributed by atoms with E-state index in [1.165, 1.54) is 0 Å². The van der Waals surface area contributed by atoms with Crippen LogP contribution in [-0.2, 0) is 22.4 Å². The third kappa shape index (κ3) is 3.17. The summed E-state index contributed by atoms with van der Waals surface area (Å²) in [7, 11) is 0. The molecule has 0 radical (unpaired) electrons. The summed E-state index contributed by atoms with van der Waals surface area (Å²) in [5, 5.41) is 9.15. The number of hydrogen-bond donors (Lipinski definition) is 0. The second-order valence-corrected chi connectivity index (χ2v) is 3.78. The van der Waals surface area contributed by atoms with Gasteiger partial charge in [-0.2, -0.15) is 5.26 Å². The maximum Gasteiger partial charge on any atom is 0.310 e. The van der Waals surface area contributed by atoms with Crippen LogP contribution in [0.3, 0.4) is 0 Å². The van der Waals surface area contributed by atoms with E-state index >= 15 is 0 Å². The minimum absolute atomic E-state index is 0.0193. The van der Waals surface area contributed by atoms with Gasteiger partial charge in [0.05, 0.1) is 24.7 Å². The van der Waals surface area contributed by atoms with Gasteiger partial charge >= 0.3 is 5.97 Å². The molecular weight excluding hydrogens is 230 g/mol. The molecule has 0 unspecified atom stereocenters. The van der Waals surface area contributed by atoms with Gasteiger partial charge in [0.15, 0.2) is 0 Å². The Morgan fingerprint density at radius 2 is 2.06 bits per heavy atom. The number of carbonyl (C=O) groups excluding carboxylic acids is 2. The summed E-state index contributed by atoms with van der Waals surface area (Å²) in [5.74, 6) is -0.390. The van der Waals surface area contributed by atoms with E-state index in [9.17, 15) is 9.59 Å². The van der Waals surface area contributed by atoms with Gasteiger partial charge in [-0.1, -0.05) is 6.92 Å². The number of carbonyl (C=O) groups is 2. The van der Waals surface area contributed by atoms with Crippen LogP contribution in [0, 0.1) is 11.3 Å². The fourth-order valence-corrected chi connectivity index (χ4v) is 1.79. The second-order valence-electron chi connectivity index (χ2n) is 3.78. The third-order valence-electron chi connectivity index (χ3n) is 2.59. The topological polar surface area (TPSA) is 67.2 Å². The van der Waals surface area contributed by atoms with Crippen molar-refractivity contribution in [2.45, 2.75) is 26.7 Å². The molecule has 0 spiro atoms. The molecule has 0 atom stereocenters. The van der Waals surface area contributed by atoms with E-state index < -0.39 is 0 Å². The first-order valence-corrected chi connectivity index (χ1v) is 5.82. The number of esters is 1. The Bertz CT molecular complexity index is 500. The maximum atomic E-state index is 11.5. The van der Waals surface area contributed by atoms with Crippen molar-refractivity contribution in [3.63, 3.8) is 0 Å². The predicted molar refractivity (Wildman–Crippen MR) is 66.3 cm³/mol. The van der Waals surface area contributed by atoms with Crippen LogP contribution in [0.15, 0.2) is 12.1 Å². The van der Waals surface area contributed by atoms with E-state index in [2.05, 4.69) is 6.07 Å². The molecule has 1 aromatic rings. The average Bonchev–Trinajstić information content (AvgIpc) is 2.37. The van der Waals surface area contributed by atoms with Gasteiger partial charge in [0.1, 0.15) is 6.29 Å². The molecule has 0 heterocycles. The number of benzene rings is 1. The lowest BCUT2D eigenvalue weighted by Crippen LogP contribution is -2.10. The van der Waals surface area contributed by atoms with Gasteiger partial charge in [0.25, 0.3) is 0 Å². The first-order valence-electron chi connectivity index (χ1n) is 5.82. The summed E-state index contributed by atoms with van der Waals surface area (Å²) in [6.07, 6.45) is 1.38. The summed E-state index contributed by atoms with van der Waals surface area (Å²) >= 11 is 0. The highest BCUT2D eigenvalue weighted by Gasteiger charge is 2.13. The Morgan fingerprint density at radius 3 is 2.56 bits per heavy atom. The van der Waals surface area contributed by atoms with Crippen LogP contribution in [-0.4, -0.2) is 18.9 Å². The number of aldehydes is 1. The standard InChI is InChI=1S/C14H15NO3/c1-3-11-5-10(9-16)6-12(13(11)8-15)7-14(17)18-4-2/h5-6,9H,3-4,7H2,1-2H3. The molecule has 0 aromatic heterocycles. The quantitative estimate of drug-likeness (QED) is 0.588. The number of hydrogen-bond acceptors (Lipinski definition) is 4. The first-order chi connectivity index (χ1) is 8.65. The molecule has 0 bridgehead atoms. The Labute approximate surface area is 106 Å². The fraction of sp³-hybridized carbons (Fsp3) is 0.357. The van der Waals surface area contributed by atoms with Crippen LogP contribution in [0.4, 0.5) is 0 Å². The molecule has 0 amide bonds. The number of nitrogens with zero attached hydrogens (tertiary/aromatic N) is 1. The van der Waals surface area contributed by atoms with Crippen molar-refractivity contribution in [3.05, 3.63) is 34.4 Å².